The minimum atomic E-state index is -0.688. The second kappa shape index (κ2) is 11.2. The van der Waals surface area contributed by atoms with Crippen LogP contribution in [-0.2, 0) is 19.2 Å². The van der Waals surface area contributed by atoms with Crippen LogP contribution < -0.4 is 16.0 Å². The van der Waals surface area contributed by atoms with Gasteiger partial charge in [0, 0.05) is 12.2 Å². The number of thioether (sulfide) groups is 1. The molecule has 7 nitrogen and oxygen atoms in total. The zero-order chi connectivity index (χ0) is 17.1. The zero-order valence-electron chi connectivity index (χ0n) is 13.5. The molecule has 2 unspecified atom stereocenters. The lowest BCUT2D eigenvalue weighted by Crippen LogP contribution is -2.49. The predicted octanol–water partition coefficient (Wildman–Crippen LogP) is -0.503. The highest BCUT2D eigenvalue weighted by Crippen LogP contribution is 2.02. The maximum absolute atomic E-state index is 11.9. The molecule has 0 aliphatic carbocycles. The molecule has 0 fully saturated rings. The third-order valence-electron chi connectivity index (χ3n) is 3.00. The number of carbonyl (C=O) groups excluding carboxylic acids is 4. The second-order valence-corrected chi connectivity index (χ2v) is 5.90. The maximum atomic E-state index is 11.9. The lowest BCUT2D eigenvalue weighted by Gasteiger charge is -2.18. The Morgan fingerprint density at radius 1 is 1.09 bits per heavy atom. The van der Waals surface area contributed by atoms with E-state index in [1.807, 2.05) is 6.26 Å². The summed E-state index contributed by atoms with van der Waals surface area (Å²) in [6, 6.07) is -1.05. The van der Waals surface area contributed by atoms with Crippen LogP contribution >= 0.6 is 11.8 Å². The number of likely N-dealkylation sites (N-methyl/N-ethyl adjacent to an activating group) is 1. The van der Waals surface area contributed by atoms with Gasteiger partial charge in [0.25, 0.3) is 0 Å². The van der Waals surface area contributed by atoms with Gasteiger partial charge in [0.05, 0.1) is 12.6 Å². The molecule has 0 spiro atoms. The summed E-state index contributed by atoms with van der Waals surface area (Å²) < 4.78 is 0. The van der Waals surface area contributed by atoms with Crippen molar-refractivity contribution in [1.29, 1.82) is 0 Å². The molecule has 0 rings (SSSR count). The van der Waals surface area contributed by atoms with Gasteiger partial charge >= 0.3 is 0 Å². The van der Waals surface area contributed by atoms with Gasteiger partial charge in [-0.05, 0) is 33.6 Å². The summed E-state index contributed by atoms with van der Waals surface area (Å²) in [5, 5.41) is 7.96. The fourth-order valence-electron chi connectivity index (χ4n) is 1.78. The normalized spacial score (nSPS) is 13.1. The maximum Gasteiger partial charge on any atom is 0.243 e. The number of amides is 2. The molecule has 8 heteroatoms. The molecular weight excluding hydrogens is 306 g/mol. The van der Waals surface area contributed by atoms with Crippen molar-refractivity contribution < 1.29 is 19.2 Å². The van der Waals surface area contributed by atoms with Crippen molar-refractivity contribution in [2.75, 3.05) is 25.6 Å². The van der Waals surface area contributed by atoms with Crippen LogP contribution in [0.25, 0.3) is 0 Å². The lowest BCUT2D eigenvalue weighted by atomic mass is 10.1. The smallest absolute Gasteiger partial charge is 0.243 e. The Hall–Kier alpha value is -1.41. The Balaban J connectivity index is 4.42. The van der Waals surface area contributed by atoms with Gasteiger partial charge in [0.2, 0.25) is 11.8 Å². The van der Waals surface area contributed by atoms with E-state index in [0.717, 1.165) is 0 Å². The van der Waals surface area contributed by atoms with Crippen LogP contribution in [0.1, 0.15) is 26.7 Å². The summed E-state index contributed by atoms with van der Waals surface area (Å²) in [5.74, 6) is -0.443. The van der Waals surface area contributed by atoms with Gasteiger partial charge in [-0.15, -0.1) is 0 Å². The van der Waals surface area contributed by atoms with E-state index < -0.39 is 6.04 Å². The van der Waals surface area contributed by atoms with Gasteiger partial charge < -0.3 is 16.0 Å². The van der Waals surface area contributed by atoms with E-state index in [0.29, 0.717) is 12.2 Å². The van der Waals surface area contributed by atoms with Crippen molar-refractivity contribution in [3.8, 4) is 0 Å². The molecule has 0 saturated carbocycles. The highest BCUT2D eigenvalue weighted by molar-refractivity contribution is 7.98. The van der Waals surface area contributed by atoms with Gasteiger partial charge in [-0.1, -0.05) is 0 Å². The summed E-state index contributed by atoms with van der Waals surface area (Å²) in [5.41, 5.74) is 0. The average Bonchev–Trinajstić information content (AvgIpc) is 2.44. The van der Waals surface area contributed by atoms with E-state index in [2.05, 4.69) is 16.0 Å². The molecule has 0 aliphatic heterocycles. The minimum absolute atomic E-state index is 0.0323. The third-order valence-corrected chi connectivity index (χ3v) is 3.66. The molecule has 0 bridgehead atoms. The van der Waals surface area contributed by atoms with Crippen molar-refractivity contribution in [2.45, 2.75) is 38.8 Å². The molecule has 2 atom stereocenters. The van der Waals surface area contributed by atoms with Gasteiger partial charge in [0.1, 0.15) is 17.6 Å². The molecule has 0 aromatic carbocycles. The van der Waals surface area contributed by atoms with E-state index in [9.17, 15) is 19.2 Å². The Morgan fingerprint density at radius 2 is 1.73 bits per heavy atom. The number of nitrogens with one attached hydrogen (secondary N) is 3. The van der Waals surface area contributed by atoms with Crippen molar-refractivity contribution in [3.05, 3.63) is 0 Å². The van der Waals surface area contributed by atoms with E-state index in [1.165, 1.54) is 25.6 Å². The monoisotopic (exact) mass is 331 g/mol. The Kier molecular flexibility index (Phi) is 10.5. The number of hydrogen-bond donors (Lipinski definition) is 3. The molecule has 3 N–H and O–H groups in total. The van der Waals surface area contributed by atoms with Crippen LogP contribution in [-0.4, -0.2) is 61.1 Å². The third kappa shape index (κ3) is 8.78. The quantitative estimate of drug-likeness (QED) is 0.471. The van der Waals surface area contributed by atoms with Crippen LogP contribution in [0.5, 0.6) is 0 Å². The molecular formula is C14H25N3O4S. The predicted molar refractivity (Wildman–Crippen MR) is 86.8 cm³/mol. The standard InChI is InChI=1S/C14H25N3O4S/c1-9(18)7-16-14(21)12(8-22-4)17-13(20)6-5-11(15-3)10(2)19/h11-12,15H,5-8H2,1-4H3,(H,16,21)(H,17,20). The van der Waals surface area contributed by atoms with Crippen LogP contribution in [0.4, 0.5) is 0 Å². The van der Waals surface area contributed by atoms with Crippen molar-refractivity contribution in [3.63, 3.8) is 0 Å². The first-order valence-electron chi connectivity index (χ1n) is 7.05. The van der Waals surface area contributed by atoms with Gasteiger partial charge in [-0.25, -0.2) is 0 Å². The van der Waals surface area contributed by atoms with Gasteiger partial charge in [0.15, 0.2) is 0 Å². The topological polar surface area (TPSA) is 104 Å². The molecule has 0 heterocycles. The largest absolute Gasteiger partial charge is 0.347 e. The first-order chi connectivity index (χ1) is 10.3. The number of rotatable bonds is 11. The van der Waals surface area contributed by atoms with Crippen molar-refractivity contribution >= 4 is 35.1 Å². The number of hydrogen-bond acceptors (Lipinski definition) is 6. The summed E-state index contributed by atoms with van der Waals surface area (Å²) in [7, 11) is 1.66. The van der Waals surface area contributed by atoms with Crippen LogP contribution in [0, 0.1) is 0 Å². The molecule has 22 heavy (non-hydrogen) atoms. The van der Waals surface area contributed by atoms with Gasteiger partial charge in [-0.2, -0.15) is 11.8 Å². The molecule has 0 aromatic heterocycles. The van der Waals surface area contributed by atoms with Crippen LogP contribution in [0.2, 0.25) is 0 Å². The van der Waals surface area contributed by atoms with Crippen LogP contribution in [0.3, 0.4) is 0 Å². The average molecular weight is 331 g/mol. The summed E-state index contributed by atoms with van der Waals surface area (Å²) in [4.78, 5) is 46.0. The van der Waals surface area contributed by atoms with Gasteiger partial charge in [-0.3, -0.25) is 19.2 Å². The fourth-order valence-corrected chi connectivity index (χ4v) is 2.35. The number of carbonyl (C=O) groups is 4. The number of Topliss-reactive ketones (excluding diaryl/α,β-unsaturated/α-hetero) is 2. The Bertz CT molecular complexity index is 415. The van der Waals surface area contributed by atoms with Crippen LogP contribution in [0.15, 0.2) is 0 Å². The number of ketones is 2. The molecule has 0 aromatic rings. The molecule has 0 saturated heterocycles. The van der Waals surface area contributed by atoms with E-state index >= 15 is 0 Å². The molecule has 0 aliphatic rings. The fraction of sp³-hybridized carbons (Fsp3) is 0.714. The van der Waals surface area contributed by atoms with E-state index in [-0.39, 0.29) is 42.4 Å². The first-order valence-corrected chi connectivity index (χ1v) is 8.44. The second-order valence-electron chi connectivity index (χ2n) is 4.99. The summed E-state index contributed by atoms with van der Waals surface area (Å²) >= 11 is 1.42. The first kappa shape index (κ1) is 20.6. The molecule has 0 radical (unpaired) electrons. The lowest BCUT2D eigenvalue weighted by molar-refractivity contribution is -0.129. The van der Waals surface area contributed by atoms with E-state index in [4.69, 9.17) is 0 Å². The SMILES string of the molecule is CNC(CCC(=O)NC(CSC)C(=O)NCC(C)=O)C(C)=O. The van der Waals surface area contributed by atoms with Crippen molar-refractivity contribution in [1.82, 2.24) is 16.0 Å². The minimum Gasteiger partial charge on any atom is -0.347 e. The highest BCUT2D eigenvalue weighted by atomic mass is 32.2. The zero-order valence-corrected chi connectivity index (χ0v) is 14.3. The molecule has 2 amide bonds. The summed E-state index contributed by atoms with van der Waals surface area (Å²) in [6.07, 6.45) is 2.35. The van der Waals surface area contributed by atoms with Crippen molar-refractivity contribution in [2.24, 2.45) is 0 Å². The Morgan fingerprint density at radius 3 is 2.18 bits per heavy atom. The Labute approximate surface area is 135 Å². The molecule has 126 valence electrons. The summed E-state index contributed by atoms with van der Waals surface area (Å²) in [6.45, 7) is 2.79. The van der Waals surface area contributed by atoms with E-state index in [1.54, 1.807) is 7.05 Å². The highest BCUT2D eigenvalue weighted by Gasteiger charge is 2.21.